The maximum absolute atomic E-state index is 13.2. The normalized spacial score (nSPS) is 10.4. The molecule has 5 nitrogen and oxygen atoms in total. The second-order valence-electron chi connectivity index (χ2n) is 4.21. The average molecular weight is 270 g/mol. The number of hydrogen-bond acceptors (Lipinski definition) is 2. The maximum atomic E-state index is 13.2. The second kappa shape index (κ2) is 5.00. The van der Waals surface area contributed by atoms with E-state index in [9.17, 15) is 9.18 Å². The van der Waals surface area contributed by atoms with Crippen LogP contribution in [0.1, 0.15) is 0 Å². The number of benzene rings is 2. The first-order chi connectivity index (χ1) is 9.72. The number of aromatic nitrogens is 2. The van der Waals surface area contributed by atoms with Crippen LogP contribution in [0.2, 0.25) is 0 Å². The Morgan fingerprint density at radius 1 is 1.10 bits per heavy atom. The van der Waals surface area contributed by atoms with E-state index in [1.165, 1.54) is 12.1 Å². The first-order valence-corrected chi connectivity index (χ1v) is 5.99. The van der Waals surface area contributed by atoms with Gasteiger partial charge in [0.2, 0.25) is 0 Å². The summed E-state index contributed by atoms with van der Waals surface area (Å²) >= 11 is 0. The molecule has 0 aliphatic carbocycles. The molecule has 0 saturated heterocycles. The highest BCUT2D eigenvalue weighted by Gasteiger charge is 2.10. The lowest BCUT2D eigenvalue weighted by atomic mass is 10.2. The summed E-state index contributed by atoms with van der Waals surface area (Å²) in [6, 6.07) is 12.8. The number of nitrogens with zero attached hydrogens (tertiary/aromatic N) is 1. The van der Waals surface area contributed by atoms with Gasteiger partial charge in [-0.15, -0.1) is 0 Å². The average Bonchev–Trinajstić information content (AvgIpc) is 2.82. The molecule has 6 heteroatoms. The van der Waals surface area contributed by atoms with Gasteiger partial charge in [-0.2, -0.15) is 5.10 Å². The fraction of sp³-hybridized carbons (Fsp3) is 0. The molecule has 1 heterocycles. The summed E-state index contributed by atoms with van der Waals surface area (Å²) in [5.41, 5.74) is 1.32. The lowest BCUT2D eigenvalue weighted by Gasteiger charge is -2.05. The topological polar surface area (TPSA) is 69.8 Å². The van der Waals surface area contributed by atoms with Crippen molar-refractivity contribution in [1.29, 1.82) is 0 Å². The Labute approximate surface area is 113 Å². The lowest BCUT2D eigenvalue weighted by molar-refractivity contribution is 0.262. The van der Waals surface area contributed by atoms with Crippen molar-refractivity contribution in [2.45, 2.75) is 0 Å². The van der Waals surface area contributed by atoms with Gasteiger partial charge in [0.25, 0.3) is 0 Å². The fourth-order valence-electron chi connectivity index (χ4n) is 1.87. The van der Waals surface area contributed by atoms with Gasteiger partial charge in [0, 0.05) is 11.1 Å². The number of nitrogens with one attached hydrogen (secondary N) is 3. The number of carbonyl (C=O) groups is 1. The molecule has 0 unspecified atom stereocenters. The van der Waals surface area contributed by atoms with Crippen molar-refractivity contribution in [2.75, 3.05) is 10.6 Å². The SMILES string of the molecule is O=C(Nc1ccccc1)Nc1n[nH]c2ccc(F)cc12. The molecule has 2 aromatic carbocycles. The molecule has 0 atom stereocenters. The highest BCUT2D eigenvalue weighted by Crippen LogP contribution is 2.21. The summed E-state index contributed by atoms with van der Waals surface area (Å²) in [4.78, 5) is 11.8. The minimum Gasteiger partial charge on any atom is -0.308 e. The summed E-state index contributed by atoms with van der Waals surface area (Å²) in [6.07, 6.45) is 0. The molecule has 0 fully saturated rings. The number of aromatic amines is 1. The number of H-pyrrole nitrogens is 1. The van der Waals surface area contributed by atoms with E-state index in [0.717, 1.165) is 0 Å². The van der Waals surface area contributed by atoms with Crippen LogP contribution in [0.3, 0.4) is 0 Å². The van der Waals surface area contributed by atoms with Crippen LogP contribution in [0.15, 0.2) is 48.5 Å². The third-order valence-corrected chi connectivity index (χ3v) is 2.79. The van der Waals surface area contributed by atoms with Gasteiger partial charge in [-0.25, -0.2) is 9.18 Å². The number of carbonyl (C=O) groups excluding carboxylic acids is 1. The van der Waals surface area contributed by atoms with E-state index >= 15 is 0 Å². The number of amides is 2. The lowest BCUT2D eigenvalue weighted by Crippen LogP contribution is -2.19. The van der Waals surface area contributed by atoms with E-state index < -0.39 is 6.03 Å². The van der Waals surface area contributed by atoms with Gasteiger partial charge in [0.15, 0.2) is 5.82 Å². The quantitative estimate of drug-likeness (QED) is 0.668. The smallest absolute Gasteiger partial charge is 0.308 e. The molecule has 2 amide bonds. The number of para-hydroxylation sites is 1. The van der Waals surface area contributed by atoms with Gasteiger partial charge in [-0.05, 0) is 30.3 Å². The van der Waals surface area contributed by atoms with Gasteiger partial charge in [-0.1, -0.05) is 18.2 Å². The first kappa shape index (κ1) is 12.2. The van der Waals surface area contributed by atoms with Gasteiger partial charge in [0.1, 0.15) is 5.82 Å². The van der Waals surface area contributed by atoms with Crippen molar-refractivity contribution in [3.63, 3.8) is 0 Å². The van der Waals surface area contributed by atoms with Crippen molar-refractivity contribution in [1.82, 2.24) is 10.2 Å². The van der Waals surface area contributed by atoms with Crippen molar-refractivity contribution in [3.8, 4) is 0 Å². The predicted molar refractivity (Wildman–Crippen MR) is 75.1 cm³/mol. The summed E-state index contributed by atoms with van der Waals surface area (Å²) in [7, 11) is 0. The third kappa shape index (κ3) is 2.44. The van der Waals surface area contributed by atoms with Gasteiger partial charge in [0.05, 0.1) is 5.52 Å². The second-order valence-corrected chi connectivity index (χ2v) is 4.21. The van der Waals surface area contributed by atoms with Crippen LogP contribution < -0.4 is 10.6 Å². The molecule has 0 bridgehead atoms. The molecule has 0 radical (unpaired) electrons. The van der Waals surface area contributed by atoms with E-state index in [4.69, 9.17) is 0 Å². The third-order valence-electron chi connectivity index (χ3n) is 2.79. The summed E-state index contributed by atoms with van der Waals surface area (Å²) < 4.78 is 13.2. The van der Waals surface area contributed by atoms with E-state index in [2.05, 4.69) is 20.8 Å². The van der Waals surface area contributed by atoms with Crippen molar-refractivity contribution < 1.29 is 9.18 Å². The zero-order valence-electron chi connectivity index (χ0n) is 10.4. The standard InChI is InChI=1S/C14H11FN4O/c15-9-6-7-12-11(8-9)13(19-18-12)17-14(20)16-10-4-2-1-3-5-10/h1-8H,(H3,16,17,18,19,20). The molecule has 100 valence electrons. The Morgan fingerprint density at radius 3 is 2.70 bits per heavy atom. The molecular formula is C14H11FN4O. The van der Waals surface area contributed by atoms with Crippen LogP contribution in [-0.2, 0) is 0 Å². The zero-order valence-corrected chi connectivity index (χ0v) is 10.4. The minimum atomic E-state index is -0.436. The maximum Gasteiger partial charge on any atom is 0.324 e. The molecule has 0 aliphatic rings. The van der Waals surface area contributed by atoms with Crippen molar-refractivity contribution in [2.24, 2.45) is 0 Å². The Hall–Kier alpha value is -2.89. The summed E-state index contributed by atoms with van der Waals surface area (Å²) in [5.74, 6) is -0.0988. The number of anilines is 2. The summed E-state index contributed by atoms with van der Waals surface area (Å²) in [5, 5.41) is 12.4. The van der Waals surface area contributed by atoms with E-state index in [0.29, 0.717) is 16.6 Å². The molecule has 0 aliphatic heterocycles. The number of urea groups is 1. The molecule has 0 saturated carbocycles. The predicted octanol–water partition coefficient (Wildman–Crippen LogP) is 3.35. The van der Waals surface area contributed by atoms with Gasteiger partial charge >= 0.3 is 6.03 Å². The van der Waals surface area contributed by atoms with E-state index in [1.54, 1.807) is 18.2 Å². The number of fused-ring (bicyclic) bond motifs is 1. The van der Waals surface area contributed by atoms with Crippen LogP contribution >= 0.6 is 0 Å². The van der Waals surface area contributed by atoms with Crippen LogP contribution in [0, 0.1) is 5.82 Å². The van der Waals surface area contributed by atoms with Gasteiger partial charge in [-0.3, -0.25) is 10.4 Å². The Morgan fingerprint density at radius 2 is 1.90 bits per heavy atom. The zero-order chi connectivity index (χ0) is 13.9. The first-order valence-electron chi connectivity index (χ1n) is 5.99. The van der Waals surface area contributed by atoms with E-state index in [1.807, 2.05) is 18.2 Å². The Balaban J connectivity index is 1.79. The highest BCUT2D eigenvalue weighted by atomic mass is 19.1. The molecule has 0 spiro atoms. The summed E-state index contributed by atoms with van der Waals surface area (Å²) in [6.45, 7) is 0. The molecule has 3 N–H and O–H groups in total. The monoisotopic (exact) mass is 270 g/mol. The van der Waals surface area contributed by atoms with Gasteiger partial charge < -0.3 is 5.32 Å². The molecule has 20 heavy (non-hydrogen) atoms. The van der Waals surface area contributed by atoms with E-state index in [-0.39, 0.29) is 11.6 Å². The number of halogens is 1. The van der Waals surface area contributed by atoms with Crippen molar-refractivity contribution in [3.05, 3.63) is 54.3 Å². The van der Waals surface area contributed by atoms with Crippen LogP contribution in [0.25, 0.3) is 10.9 Å². The largest absolute Gasteiger partial charge is 0.324 e. The molecule has 3 aromatic rings. The highest BCUT2D eigenvalue weighted by molar-refractivity contribution is 6.04. The van der Waals surface area contributed by atoms with Crippen LogP contribution in [0.4, 0.5) is 20.7 Å². The number of rotatable bonds is 2. The fourth-order valence-corrected chi connectivity index (χ4v) is 1.87. The Kier molecular flexibility index (Phi) is 3.04. The molecule has 1 aromatic heterocycles. The molecule has 3 rings (SSSR count). The Bertz CT molecular complexity index is 754. The number of hydrogen-bond donors (Lipinski definition) is 3. The molecular weight excluding hydrogens is 259 g/mol. The minimum absolute atomic E-state index is 0.285. The van der Waals surface area contributed by atoms with Crippen molar-refractivity contribution >= 4 is 28.4 Å². The van der Waals surface area contributed by atoms with Crippen LogP contribution in [-0.4, -0.2) is 16.2 Å². The van der Waals surface area contributed by atoms with Crippen LogP contribution in [0.5, 0.6) is 0 Å².